The number of hydrogen-bond acceptors (Lipinski definition) is 3. The monoisotopic (exact) mass is 306 g/mol. The van der Waals surface area contributed by atoms with Crippen LogP contribution in [0.1, 0.15) is 0 Å². The smallest absolute Gasteiger partial charge is 0.743 e. The summed E-state index contributed by atoms with van der Waals surface area (Å²) in [6.45, 7) is 0. The largest absolute Gasteiger partial charge is 1.00 e. The maximum absolute atomic E-state index is 11.4. The molecule has 0 aromatic heterocycles. The van der Waals surface area contributed by atoms with Gasteiger partial charge in [0.15, 0.2) is 10.1 Å². The van der Waals surface area contributed by atoms with Crippen LogP contribution in [-0.2, 0) is 32.5 Å². The Hall–Kier alpha value is 0.300. The van der Waals surface area contributed by atoms with Gasteiger partial charge in [-0.3, -0.25) is 0 Å². The molecular formula is C2AgF5O3S. The zero-order valence-electron chi connectivity index (χ0n) is 4.82. The molecule has 3 nitrogen and oxygen atoms in total. The van der Waals surface area contributed by atoms with Gasteiger partial charge in [0, 0.05) is 0 Å². The third kappa shape index (κ3) is 2.66. The molecule has 0 fully saturated rings. The maximum Gasteiger partial charge on any atom is 1.00 e. The molecule has 0 aliphatic heterocycles. The van der Waals surface area contributed by atoms with Gasteiger partial charge >= 0.3 is 33.8 Å². The molecule has 0 atom stereocenters. The fourth-order valence-electron chi connectivity index (χ4n) is 0.142. The molecule has 0 aliphatic rings. The summed E-state index contributed by atoms with van der Waals surface area (Å²) >= 11 is 0. The fraction of sp³-hybridized carbons (Fsp3) is 1.00. The van der Waals surface area contributed by atoms with E-state index in [-0.39, 0.29) is 22.4 Å². The number of halogens is 5. The summed E-state index contributed by atoms with van der Waals surface area (Å²) in [5.74, 6) is 0. The van der Waals surface area contributed by atoms with Gasteiger partial charge in [-0.15, -0.1) is 0 Å². The summed E-state index contributed by atoms with van der Waals surface area (Å²) < 4.78 is 83.6. The molecule has 0 aliphatic carbocycles. The Bertz CT molecular complexity index is 242. The Morgan fingerprint density at radius 1 is 1.00 bits per heavy atom. The zero-order valence-corrected chi connectivity index (χ0v) is 7.12. The first-order chi connectivity index (χ1) is 4.50. The average Bonchev–Trinajstić information content (AvgIpc) is 1.58. The molecule has 0 bridgehead atoms. The van der Waals surface area contributed by atoms with E-state index in [4.69, 9.17) is 0 Å². The molecule has 0 heterocycles. The van der Waals surface area contributed by atoms with E-state index in [1.54, 1.807) is 0 Å². The van der Waals surface area contributed by atoms with E-state index in [0.29, 0.717) is 0 Å². The third-order valence-corrected chi connectivity index (χ3v) is 1.50. The van der Waals surface area contributed by atoms with Gasteiger partial charge in [0.2, 0.25) is 0 Å². The van der Waals surface area contributed by atoms with E-state index in [2.05, 4.69) is 0 Å². The predicted octanol–water partition coefficient (Wildman–Crippen LogP) is 0.684. The van der Waals surface area contributed by atoms with Crippen molar-refractivity contribution in [2.45, 2.75) is 11.4 Å². The van der Waals surface area contributed by atoms with Crippen molar-refractivity contribution in [2.24, 2.45) is 0 Å². The van der Waals surface area contributed by atoms with Crippen LogP contribution in [0.4, 0.5) is 22.0 Å². The first kappa shape index (κ1) is 14.8. The molecule has 0 amide bonds. The third-order valence-electron chi connectivity index (χ3n) is 0.644. The van der Waals surface area contributed by atoms with Crippen LogP contribution in [0.5, 0.6) is 0 Å². The van der Waals surface area contributed by atoms with Gasteiger partial charge in [-0.2, -0.15) is 22.0 Å². The van der Waals surface area contributed by atoms with E-state index in [1.807, 2.05) is 0 Å². The minimum atomic E-state index is -6.67. The van der Waals surface area contributed by atoms with Crippen LogP contribution in [-0.4, -0.2) is 24.4 Å². The average molecular weight is 307 g/mol. The molecule has 0 unspecified atom stereocenters. The molecule has 0 aromatic carbocycles. The molecule has 10 heteroatoms. The number of hydrogen-bond donors (Lipinski definition) is 0. The molecule has 0 saturated carbocycles. The van der Waals surface area contributed by atoms with Crippen LogP contribution < -0.4 is 0 Å². The van der Waals surface area contributed by atoms with Crippen molar-refractivity contribution in [3.8, 4) is 0 Å². The fourth-order valence-corrected chi connectivity index (χ4v) is 0.425. The van der Waals surface area contributed by atoms with Crippen LogP contribution in [0, 0.1) is 0 Å². The van der Waals surface area contributed by atoms with Crippen LogP contribution in [0.2, 0.25) is 0 Å². The van der Waals surface area contributed by atoms with E-state index < -0.39 is 21.5 Å². The molecule has 0 N–H and O–H groups in total. The van der Waals surface area contributed by atoms with E-state index >= 15 is 0 Å². The molecule has 0 rings (SSSR count). The Morgan fingerprint density at radius 3 is 1.25 bits per heavy atom. The Morgan fingerprint density at radius 2 is 1.25 bits per heavy atom. The minimum Gasteiger partial charge on any atom is -0.743 e. The molecule has 0 aromatic rings. The molecule has 0 radical (unpaired) electrons. The standard InChI is InChI=1S/C2HF5O3S.Ag/c3-1(4,5)2(6,7)11(8,9)10;/h(H,8,9,10);/q;+1/p-1. The van der Waals surface area contributed by atoms with Crippen LogP contribution in [0.25, 0.3) is 0 Å². The first-order valence-electron chi connectivity index (χ1n) is 1.90. The van der Waals surface area contributed by atoms with Crippen molar-refractivity contribution in [1.29, 1.82) is 0 Å². The van der Waals surface area contributed by atoms with Gasteiger partial charge in [-0.05, 0) is 0 Å². The molecule has 0 spiro atoms. The quantitative estimate of drug-likeness (QED) is 0.407. The van der Waals surface area contributed by atoms with Crippen molar-refractivity contribution in [3.63, 3.8) is 0 Å². The van der Waals surface area contributed by atoms with Gasteiger partial charge in [-0.1, -0.05) is 0 Å². The van der Waals surface area contributed by atoms with Crippen LogP contribution in [0.15, 0.2) is 0 Å². The Balaban J connectivity index is 0. The molecule has 12 heavy (non-hydrogen) atoms. The molecular weight excluding hydrogens is 307 g/mol. The predicted molar refractivity (Wildman–Crippen MR) is 20.7 cm³/mol. The van der Waals surface area contributed by atoms with Gasteiger partial charge in [0.25, 0.3) is 0 Å². The second-order valence-corrected chi connectivity index (χ2v) is 2.89. The van der Waals surface area contributed by atoms with Crippen molar-refractivity contribution in [1.82, 2.24) is 0 Å². The minimum absolute atomic E-state index is 0. The van der Waals surface area contributed by atoms with Crippen LogP contribution >= 0.6 is 0 Å². The van der Waals surface area contributed by atoms with Gasteiger partial charge in [-0.25, -0.2) is 8.42 Å². The maximum atomic E-state index is 11.4. The Labute approximate surface area is 79.2 Å². The van der Waals surface area contributed by atoms with E-state index in [0.717, 1.165) is 0 Å². The van der Waals surface area contributed by atoms with Crippen molar-refractivity contribution in [3.05, 3.63) is 0 Å². The van der Waals surface area contributed by atoms with Crippen molar-refractivity contribution >= 4 is 10.1 Å². The summed E-state index contributed by atoms with van der Waals surface area (Å²) in [6, 6.07) is 0. The first-order valence-corrected chi connectivity index (χ1v) is 3.31. The summed E-state index contributed by atoms with van der Waals surface area (Å²) in [5.41, 5.74) is 0. The summed E-state index contributed by atoms with van der Waals surface area (Å²) in [7, 11) is -6.67. The van der Waals surface area contributed by atoms with Crippen LogP contribution in [0.3, 0.4) is 0 Å². The normalized spacial score (nSPS) is 13.8. The summed E-state index contributed by atoms with van der Waals surface area (Å²) in [5, 5.41) is -6.21. The van der Waals surface area contributed by atoms with Gasteiger partial charge in [0.1, 0.15) is 0 Å². The second-order valence-electron chi connectivity index (χ2n) is 1.47. The van der Waals surface area contributed by atoms with Crippen molar-refractivity contribution < 1.29 is 57.3 Å². The van der Waals surface area contributed by atoms with E-state index in [9.17, 15) is 34.9 Å². The topological polar surface area (TPSA) is 57.2 Å². The van der Waals surface area contributed by atoms with Gasteiger partial charge < -0.3 is 4.55 Å². The second kappa shape index (κ2) is 3.58. The zero-order chi connectivity index (χ0) is 9.50. The Kier molecular flexibility index (Phi) is 4.42. The molecule has 0 saturated heterocycles. The number of rotatable bonds is 1. The summed E-state index contributed by atoms with van der Waals surface area (Å²) in [6.07, 6.45) is -6.35. The van der Waals surface area contributed by atoms with Crippen molar-refractivity contribution in [2.75, 3.05) is 0 Å². The molecule has 78 valence electrons. The van der Waals surface area contributed by atoms with Gasteiger partial charge in [0.05, 0.1) is 0 Å². The summed E-state index contributed by atoms with van der Waals surface area (Å²) in [4.78, 5) is 0. The van der Waals surface area contributed by atoms with E-state index in [1.165, 1.54) is 0 Å². The number of alkyl halides is 5. The SMILES string of the molecule is O=S(=O)([O-])C(F)(F)C(F)(F)F.[Ag+].